The van der Waals surface area contributed by atoms with Crippen molar-refractivity contribution in [3.05, 3.63) is 35.9 Å². The van der Waals surface area contributed by atoms with Gasteiger partial charge in [0.25, 0.3) is 0 Å². The Morgan fingerprint density at radius 3 is 2.42 bits per heavy atom. The largest absolute Gasteiger partial charge is 0.597 e. The zero-order valence-electron chi connectivity index (χ0n) is 15.8. The van der Waals surface area contributed by atoms with E-state index in [1.807, 2.05) is 39.0 Å². The summed E-state index contributed by atoms with van der Waals surface area (Å²) in [5.41, 5.74) is 1.17. The van der Waals surface area contributed by atoms with Crippen molar-refractivity contribution < 1.29 is 14.4 Å². The highest BCUT2D eigenvalue weighted by molar-refractivity contribution is 14.1. The molecule has 0 amide bonds. The summed E-state index contributed by atoms with van der Waals surface area (Å²) in [6.07, 6.45) is 3.38. The number of hydrogen-bond donors (Lipinski definition) is 1. The lowest BCUT2D eigenvalue weighted by atomic mass is 9.97. The lowest BCUT2D eigenvalue weighted by Gasteiger charge is -2.43. The molecule has 2 aliphatic rings. The molecule has 3 rings (SSSR count). The van der Waals surface area contributed by atoms with Crippen LogP contribution in [0.15, 0.2) is 30.3 Å². The second-order valence-corrected chi connectivity index (χ2v) is 12.2. The van der Waals surface area contributed by atoms with Crippen LogP contribution < -0.4 is 0 Å². The summed E-state index contributed by atoms with van der Waals surface area (Å²) < 4.78 is 21.4. The molecule has 146 valence electrons. The number of aliphatic hydroxyl groups excluding tert-OH is 1. The Morgan fingerprint density at radius 1 is 1.23 bits per heavy atom. The fraction of sp³-hybridized carbons (Fsp3) is 0.700. The third-order valence-corrected chi connectivity index (χ3v) is 8.17. The van der Waals surface area contributed by atoms with Gasteiger partial charge in [-0.05, 0) is 57.9 Å². The number of alkyl halides is 1. The van der Waals surface area contributed by atoms with Crippen LogP contribution in [0.4, 0.5) is 0 Å². The van der Waals surface area contributed by atoms with Crippen molar-refractivity contribution in [2.45, 2.75) is 80.1 Å². The molecule has 1 saturated heterocycles. The molecule has 0 aromatic heterocycles. The highest BCUT2D eigenvalue weighted by Gasteiger charge is 2.49. The van der Waals surface area contributed by atoms with Crippen molar-refractivity contribution in [1.82, 2.24) is 4.31 Å². The molecule has 0 spiro atoms. The summed E-state index contributed by atoms with van der Waals surface area (Å²) in [5.74, 6) is 0.507. The van der Waals surface area contributed by atoms with E-state index in [9.17, 15) is 9.66 Å². The van der Waals surface area contributed by atoms with Crippen molar-refractivity contribution in [3.63, 3.8) is 0 Å². The van der Waals surface area contributed by atoms with Crippen LogP contribution >= 0.6 is 22.6 Å². The molecular weight excluding hydrogens is 461 g/mol. The first-order valence-electron chi connectivity index (χ1n) is 9.47. The summed E-state index contributed by atoms with van der Waals surface area (Å²) in [6.45, 7) is 6.74. The van der Waals surface area contributed by atoms with Gasteiger partial charge in [0.1, 0.15) is 4.75 Å². The summed E-state index contributed by atoms with van der Waals surface area (Å²) in [7, 11) is 0. The Hall–Kier alpha value is 0.140. The molecule has 1 aliphatic carbocycles. The van der Waals surface area contributed by atoms with Gasteiger partial charge in [0, 0.05) is 11.4 Å². The number of aliphatic hydroxyl groups is 1. The standard InChI is InChI=1S/C20H30INO3S/c1-20(2,3)26(24)22(13-14-7-5-4-6-8-14)18(15-9-10-15)17-12-11-16(21)19(23)25-17/h4-8,15-19,23H,9-13H2,1-3H3/t16?,17-,18-,19?,26-/m0/s1. The first-order valence-corrected chi connectivity index (χ1v) is 11.8. The second kappa shape index (κ2) is 8.66. The van der Waals surface area contributed by atoms with Gasteiger partial charge in [0.2, 0.25) is 0 Å². The zero-order chi connectivity index (χ0) is 18.9. The molecule has 2 unspecified atom stereocenters. The van der Waals surface area contributed by atoms with Crippen molar-refractivity contribution in [3.8, 4) is 0 Å². The van der Waals surface area contributed by atoms with E-state index >= 15 is 0 Å². The Bertz CT molecular complexity index is 578. The first kappa shape index (κ1) is 20.9. The van der Waals surface area contributed by atoms with E-state index in [2.05, 4.69) is 39.0 Å². The molecule has 1 aliphatic heterocycles. The van der Waals surface area contributed by atoms with Gasteiger partial charge in [-0.1, -0.05) is 52.9 Å². The number of nitrogens with zero attached hydrogens (tertiary/aromatic N) is 1. The number of ether oxygens (including phenoxy) is 1. The van der Waals surface area contributed by atoms with E-state index in [-0.39, 0.29) is 20.8 Å². The topological polar surface area (TPSA) is 55.8 Å². The summed E-state index contributed by atoms with van der Waals surface area (Å²) >= 11 is 1.12. The molecule has 1 saturated carbocycles. The van der Waals surface area contributed by atoms with Gasteiger partial charge in [-0.15, -0.1) is 4.31 Å². The number of rotatable bonds is 6. The molecule has 4 nitrogen and oxygen atoms in total. The Kier molecular flexibility index (Phi) is 6.95. The van der Waals surface area contributed by atoms with E-state index in [4.69, 9.17) is 4.74 Å². The van der Waals surface area contributed by atoms with E-state index < -0.39 is 17.7 Å². The lowest BCUT2D eigenvalue weighted by molar-refractivity contribution is -0.172. The van der Waals surface area contributed by atoms with Crippen LogP contribution in [-0.2, 0) is 22.6 Å². The Balaban J connectivity index is 1.86. The van der Waals surface area contributed by atoms with Crippen LogP contribution in [0.3, 0.4) is 0 Å². The minimum absolute atomic E-state index is 0.0569. The average molecular weight is 491 g/mol. The maximum atomic E-state index is 13.4. The zero-order valence-corrected chi connectivity index (χ0v) is 18.8. The fourth-order valence-corrected chi connectivity index (χ4v) is 5.63. The summed E-state index contributed by atoms with van der Waals surface area (Å²) in [4.78, 5) is 0. The Morgan fingerprint density at radius 2 is 1.88 bits per heavy atom. The molecule has 1 aromatic rings. The van der Waals surface area contributed by atoms with Crippen LogP contribution in [0, 0.1) is 5.92 Å². The van der Waals surface area contributed by atoms with E-state index in [0.717, 1.165) is 25.7 Å². The highest BCUT2D eigenvalue weighted by atomic mass is 127. The molecule has 5 atom stereocenters. The molecular formula is C20H30INO3S. The predicted molar refractivity (Wildman–Crippen MR) is 114 cm³/mol. The van der Waals surface area contributed by atoms with Crippen molar-refractivity contribution in [2.75, 3.05) is 0 Å². The molecule has 0 bridgehead atoms. The maximum absolute atomic E-state index is 13.4. The molecule has 6 heteroatoms. The van der Waals surface area contributed by atoms with Crippen LogP contribution in [-0.4, -0.2) is 41.1 Å². The quantitative estimate of drug-likeness (QED) is 0.371. The number of halogens is 1. The number of benzene rings is 1. The van der Waals surface area contributed by atoms with Gasteiger partial charge in [0.05, 0.1) is 22.6 Å². The van der Waals surface area contributed by atoms with E-state index in [0.29, 0.717) is 12.5 Å². The third-order valence-electron chi connectivity index (χ3n) is 5.09. The van der Waals surface area contributed by atoms with E-state index in [1.54, 1.807) is 0 Å². The van der Waals surface area contributed by atoms with Crippen LogP contribution in [0.25, 0.3) is 0 Å². The van der Waals surface area contributed by atoms with Gasteiger partial charge in [0.15, 0.2) is 6.29 Å². The van der Waals surface area contributed by atoms with Crippen molar-refractivity contribution in [1.29, 1.82) is 0 Å². The van der Waals surface area contributed by atoms with Crippen LogP contribution in [0.2, 0.25) is 0 Å². The third kappa shape index (κ3) is 5.14. The fourth-order valence-electron chi connectivity index (χ4n) is 3.60. The van der Waals surface area contributed by atoms with Gasteiger partial charge < -0.3 is 14.4 Å². The normalized spacial score (nSPS) is 29.6. The summed E-state index contributed by atoms with van der Waals surface area (Å²) in [5, 5.41) is 10.2. The molecule has 1 N–H and O–H groups in total. The van der Waals surface area contributed by atoms with Crippen LogP contribution in [0.1, 0.15) is 52.0 Å². The predicted octanol–water partition coefficient (Wildman–Crippen LogP) is 4.03. The van der Waals surface area contributed by atoms with Crippen molar-refractivity contribution in [2.24, 2.45) is 5.92 Å². The van der Waals surface area contributed by atoms with E-state index in [1.165, 1.54) is 5.56 Å². The maximum Gasteiger partial charge on any atom is 0.166 e. The molecule has 1 aromatic carbocycles. The van der Waals surface area contributed by atoms with Crippen LogP contribution in [0.5, 0.6) is 0 Å². The van der Waals surface area contributed by atoms with Gasteiger partial charge in [-0.3, -0.25) is 0 Å². The highest BCUT2D eigenvalue weighted by Crippen LogP contribution is 2.43. The smallest absolute Gasteiger partial charge is 0.166 e. The first-order chi connectivity index (χ1) is 12.3. The molecule has 1 heterocycles. The number of hydrogen-bond acceptors (Lipinski definition) is 4. The van der Waals surface area contributed by atoms with Gasteiger partial charge in [-0.25, -0.2) is 0 Å². The van der Waals surface area contributed by atoms with Gasteiger partial charge in [-0.2, -0.15) is 0 Å². The Labute approximate surface area is 174 Å². The molecule has 2 fully saturated rings. The minimum atomic E-state index is -1.14. The SMILES string of the molecule is CC(C)(C)[S@+]([O-])N(Cc1ccccc1)[C@@H](C1CC1)[C@@H]1CCC(I)C(O)O1. The average Bonchev–Trinajstić information content (AvgIpc) is 3.42. The summed E-state index contributed by atoms with van der Waals surface area (Å²) in [6, 6.07) is 10.3. The lowest BCUT2D eigenvalue weighted by Crippen LogP contribution is -2.55. The van der Waals surface area contributed by atoms with Gasteiger partial charge >= 0.3 is 0 Å². The monoisotopic (exact) mass is 491 g/mol. The molecule has 0 radical (unpaired) electrons. The van der Waals surface area contributed by atoms with Crippen molar-refractivity contribution >= 4 is 34.0 Å². The minimum Gasteiger partial charge on any atom is -0.597 e. The molecule has 26 heavy (non-hydrogen) atoms. The second-order valence-electron chi connectivity index (χ2n) is 8.41.